The number of carbonyl (C=O) groups is 1. The topological polar surface area (TPSA) is 149 Å². The van der Waals surface area contributed by atoms with Crippen molar-refractivity contribution in [1.29, 1.82) is 5.26 Å². The highest BCUT2D eigenvalue weighted by molar-refractivity contribution is 5.88. The molecule has 1 atom stereocenters. The van der Waals surface area contributed by atoms with E-state index in [0.29, 0.717) is 31.1 Å². The maximum Gasteiger partial charge on any atom is 0.240 e. The molecule has 3 aromatic heterocycles. The van der Waals surface area contributed by atoms with E-state index in [0.717, 1.165) is 22.0 Å². The van der Waals surface area contributed by atoms with Crippen molar-refractivity contribution in [2.45, 2.75) is 6.04 Å². The average molecular weight is 457 g/mol. The molecule has 0 spiro atoms. The van der Waals surface area contributed by atoms with Crippen molar-refractivity contribution in [1.82, 2.24) is 29.8 Å². The number of pyridine rings is 1. The number of aromatic nitrogens is 4. The molecule has 172 valence electrons. The standard InChI is InChI=1S/C23H23N9O2/c1-30-6-7-31(12-19(30)23(34)27-13-33)21-16(9-24)20(25)32-22(29-21)17(11-28-32)15-8-14-4-2-3-5-18(14)26-10-15/h2-5,8,10-11,19,33H,6-7,12-13,25H2,1H3,(H,27,34). The van der Waals surface area contributed by atoms with Gasteiger partial charge in [0.1, 0.15) is 30.2 Å². The minimum atomic E-state index is -0.513. The number of aliphatic hydroxyl groups excluding tert-OH is 1. The zero-order chi connectivity index (χ0) is 23.8. The van der Waals surface area contributed by atoms with Gasteiger partial charge in [0, 0.05) is 42.3 Å². The summed E-state index contributed by atoms with van der Waals surface area (Å²) >= 11 is 0. The third-order valence-corrected chi connectivity index (χ3v) is 6.18. The van der Waals surface area contributed by atoms with Crippen molar-refractivity contribution >= 4 is 34.1 Å². The number of hydrogen-bond acceptors (Lipinski definition) is 9. The van der Waals surface area contributed by atoms with Gasteiger partial charge in [-0.2, -0.15) is 14.9 Å². The number of benzene rings is 1. The molecule has 1 aromatic carbocycles. The van der Waals surface area contributed by atoms with E-state index in [1.54, 1.807) is 12.4 Å². The number of nitrogen functional groups attached to an aromatic ring is 1. The molecule has 1 unspecified atom stereocenters. The number of nitrogens with two attached hydrogens (primary N) is 1. The summed E-state index contributed by atoms with van der Waals surface area (Å²) in [4.78, 5) is 25.6. The van der Waals surface area contributed by atoms with E-state index in [1.165, 1.54) is 4.52 Å². The predicted molar refractivity (Wildman–Crippen MR) is 127 cm³/mol. The molecule has 5 rings (SSSR count). The van der Waals surface area contributed by atoms with Crippen LogP contribution in [0.25, 0.3) is 27.7 Å². The average Bonchev–Trinajstić information content (AvgIpc) is 3.28. The van der Waals surface area contributed by atoms with Crippen LogP contribution in [-0.4, -0.2) is 75.0 Å². The van der Waals surface area contributed by atoms with E-state index in [2.05, 4.69) is 21.5 Å². The van der Waals surface area contributed by atoms with Gasteiger partial charge in [-0.15, -0.1) is 0 Å². The molecule has 1 fully saturated rings. The van der Waals surface area contributed by atoms with Gasteiger partial charge in [0.2, 0.25) is 5.91 Å². The quantitative estimate of drug-likeness (QED) is 0.374. The lowest BCUT2D eigenvalue weighted by atomic mass is 10.1. The molecule has 0 saturated carbocycles. The second-order valence-electron chi connectivity index (χ2n) is 8.16. The van der Waals surface area contributed by atoms with Crippen molar-refractivity contribution in [3.63, 3.8) is 0 Å². The zero-order valence-electron chi connectivity index (χ0n) is 18.5. The van der Waals surface area contributed by atoms with E-state index in [-0.39, 0.29) is 17.3 Å². The summed E-state index contributed by atoms with van der Waals surface area (Å²) in [6, 6.07) is 11.5. The lowest BCUT2D eigenvalue weighted by Gasteiger charge is -2.39. The fourth-order valence-electron chi connectivity index (χ4n) is 4.31. The summed E-state index contributed by atoms with van der Waals surface area (Å²) < 4.78 is 1.46. The largest absolute Gasteiger partial charge is 0.382 e. The van der Waals surface area contributed by atoms with Crippen LogP contribution in [0, 0.1) is 11.3 Å². The van der Waals surface area contributed by atoms with E-state index in [9.17, 15) is 10.1 Å². The number of para-hydroxylation sites is 1. The van der Waals surface area contributed by atoms with Gasteiger partial charge >= 0.3 is 0 Å². The number of rotatable bonds is 4. The first-order chi connectivity index (χ1) is 16.5. The molecule has 11 heteroatoms. The van der Waals surface area contributed by atoms with Crippen LogP contribution in [0.1, 0.15) is 5.56 Å². The Bertz CT molecular complexity index is 1440. The van der Waals surface area contributed by atoms with Crippen LogP contribution in [0.3, 0.4) is 0 Å². The smallest absolute Gasteiger partial charge is 0.240 e. The molecule has 11 nitrogen and oxygen atoms in total. The second-order valence-corrected chi connectivity index (χ2v) is 8.16. The number of likely N-dealkylation sites (N-methyl/N-ethyl adjacent to an activating group) is 1. The third kappa shape index (κ3) is 3.55. The zero-order valence-corrected chi connectivity index (χ0v) is 18.5. The fourth-order valence-corrected chi connectivity index (χ4v) is 4.31. The number of carbonyl (C=O) groups excluding carboxylic acids is 1. The summed E-state index contributed by atoms with van der Waals surface area (Å²) in [5, 5.41) is 26.8. The van der Waals surface area contributed by atoms with Gasteiger partial charge in [-0.3, -0.25) is 14.7 Å². The van der Waals surface area contributed by atoms with E-state index in [1.807, 2.05) is 47.2 Å². The molecule has 1 saturated heterocycles. The van der Waals surface area contributed by atoms with E-state index in [4.69, 9.17) is 15.8 Å². The number of nitriles is 1. The van der Waals surface area contributed by atoms with Gasteiger partial charge < -0.3 is 21.1 Å². The Hall–Kier alpha value is -4.27. The summed E-state index contributed by atoms with van der Waals surface area (Å²) in [6.45, 7) is 0.975. The number of piperazine rings is 1. The molecular formula is C23H23N9O2. The molecule has 4 heterocycles. The Morgan fingerprint density at radius 3 is 2.94 bits per heavy atom. The summed E-state index contributed by atoms with van der Waals surface area (Å²) in [5.41, 5.74) is 9.50. The van der Waals surface area contributed by atoms with Gasteiger partial charge in [-0.25, -0.2) is 4.98 Å². The molecular weight excluding hydrogens is 434 g/mol. The number of nitrogens with one attached hydrogen (secondary N) is 1. The summed E-state index contributed by atoms with van der Waals surface area (Å²) in [5.74, 6) is 0.283. The maximum absolute atomic E-state index is 12.5. The minimum Gasteiger partial charge on any atom is -0.382 e. The number of amides is 1. The van der Waals surface area contributed by atoms with Crippen LogP contribution < -0.4 is 16.0 Å². The monoisotopic (exact) mass is 457 g/mol. The Morgan fingerprint density at radius 2 is 2.15 bits per heavy atom. The summed E-state index contributed by atoms with van der Waals surface area (Å²) in [6.07, 6.45) is 3.43. The molecule has 1 amide bonds. The lowest BCUT2D eigenvalue weighted by molar-refractivity contribution is -0.127. The molecule has 0 bridgehead atoms. The second kappa shape index (κ2) is 8.58. The Balaban J connectivity index is 1.61. The van der Waals surface area contributed by atoms with Crippen LogP contribution >= 0.6 is 0 Å². The Morgan fingerprint density at radius 1 is 1.32 bits per heavy atom. The number of anilines is 2. The van der Waals surface area contributed by atoms with E-state index >= 15 is 0 Å². The fraction of sp³-hybridized carbons (Fsp3) is 0.261. The van der Waals surface area contributed by atoms with Crippen molar-refractivity contribution < 1.29 is 9.90 Å². The first-order valence-electron chi connectivity index (χ1n) is 10.8. The number of aliphatic hydroxyl groups is 1. The highest BCUT2D eigenvalue weighted by atomic mass is 16.3. The predicted octanol–water partition coefficient (Wildman–Crippen LogP) is 0.585. The van der Waals surface area contributed by atoms with Crippen molar-refractivity contribution in [2.24, 2.45) is 0 Å². The highest BCUT2D eigenvalue weighted by Gasteiger charge is 2.32. The summed E-state index contributed by atoms with van der Waals surface area (Å²) in [7, 11) is 1.84. The lowest BCUT2D eigenvalue weighted by Crippen LogP contribution is -2.58. The first kappa shape index (κ1) is 21.6. The van der Waals surface area contributed by atoms with Crippen molar-refractivity contribution in [3.05, 3.63) is 48.3 Å². The SMILES string of the molecule is CN1CCN(c2nc3c(-c4cnc5ccccc5c4)cnn3c(N)c2C#N)CC1C(=O)NCO. The molecule has 4 aromatic rings. The van der Waals surface area contributed by atoms with Crippen molar-refractivity contribution in [2.75, 3.05) is 44.0 Å². The van der Waals surface area contributed by atoms with Gasteiger partial charge in [-0.1, -0.05) is 18.2 Å². The van der Waals surface area contributed by atoms with Gasteiger partial charge in [-0.05, 0) is 19.2 Å². The van der Waals surface area contributed by atoms with Gasteiger partial charge in [0.05, 0.1) is 11.7 Å². The number of fused-ring (bicyclic) bond motifs is 2. The molecule has 1 aliphatic rings. The maximum atomic E-state index is 12.5. The number of nitrogens with zero attached hydrogens (tertiary/aromatic N) is 7. The molecule has 1 aliphatic heterocycles. The number of hydrogen-bond donors (Lipinski definition) is 3. The molecule has 0 radical (unpaired) electrons. The van der Waals surface area contributed by atoms with Crippen LogP contribution in [0.2, 0.25) is 0 Å². The molecule has 0 aliphatic carbocycles. The molecule has 4 N–H and O–H groups in total. The Labute approximate surface area is 195 Å². The van der Waals surface area contributed by atoms with Crippen LogP contribution in [0.5, 0.6) is 0 Å². The van der Waals surface area contributed by atoms with E-state index < -0.39 is 12.8 Å². The van der Waals surface area contributed by atoms with Crippen LogP contribution in [0.15, 0.2) is 42.7 Å². The third-order valence-electron chi connectivity index (χ3n) is 6.18. The van der Waals surface area contributed by atoms with Gasteiger partial charge in [0.15, 0.2) is 11.5 Å². The van der Waals surface area contributed by atoms with Gasteiger partial charge in [0.25, 0.3) is 0 Å². The molecule has 34 heavy (non-hydrogen) atoms. The highest BCUT2D eigenvalue weighted by Crippen LogP contribution is 2.32. The minimum absolute atomic E-state index is 0.179. The van der Waals surface area contributed by atoms with Crippen molar-refractivity contribution in [3.8, 4) is 17.2 Å². The van der Waals surface area contributed by atoms with Crippen LogP contribution in [-0.2, 0) is 4.79 Å². The Kier molecular flexibility index (Phi) is 5.45. The van der Waals surface area contributed by atoms with Crippen LogP contribution in [0.4, 0.5) is 11.6 Å². The first-order valence-corrected chi connectivity index (χ1v) is 10.8. The normalized spacial score (nSPS) is 16.6.